The zero-order valence-corrected chi connectivity index (χ0v) is 13.4. The lowest BCUT2D eigenvalue weighted by molar-refractivity contribution is -0.143. The summed E-state index contributed by atoms with van der Waals surface area (Å²) in [6, 6.07) is 3.85. The number of aromatic nitrogens is 2. The quantitative estimate of drug-likeness (QED) is 0.792. The van der Waals surface area contributed by atoms with Crippen LogP contribution in [0, 0.1) is 13.8 Å². The molecular formula is C16H21N3O3. The van der Waals surface area contributed by atoms with Crippen LogP contribution in [0.1, 0.15) is 35.1 Å². The summed E-state index contributed by atoms with van der Waals surface area (Å²) in [7, 11) is 1.68. The molecule has 0 N–H and O–H groups in total. The molecular weight excluding hydrogens is 282 g/mol. The topological polar surface area (TPSA) is 63.9 Å². The van der Waals surface area contributed by atoms with E-state index in [4.69, 9.17) is 4.74 Å². The van der Waals surface area contributed by atoms with Gasteiger partial charge in [0.1, 0.15) is 11.3 Å². The third-order valence-corrected chi connectivity index (χ3v) is 3.45. The summed E-state index contributed by atoms with van der Waals surface area (Å²) in [5, 5.41) is 0. The SMILES string of the molecule is CCOC(=O)CCN(C)C(=O)c1c(C)nc2ccc(C)cn12. The number of hydrogen-bond donors (Lipinski definition) is 0. The highest BCUT2D eigenvalue weighted by Crippen LogP contribution is 2.15. The van der Waals surface area contributed by atoms with E-state index < -0.39 is 0 Å². The number of nitrogens with zero attached hydrogens (tertiary/aromatic N) is 3. The van der Waals surface area contributed by atoms with Gasteiger partial charge in [0.05, 0.1) is 18.7 Å². The van der Waals surface area contributed by atoms with Gasteiger partial charge < -0.3 is 9.64 Å². The Morgan fingerprint density at radius 3 is 2.73 bits per heavy atom. The first-order valence-corrected chi connectivity index (χ1v) is 7.30. The van der Waals surface area contributed by atoms with Gasteiger partial charge in [0.25, 0.3) is 5.91 Å². The van der Waals surface area contributed by atoms with Crippen molar-refractivity contribution in [1.82, 2.24) is 14.3 Å². The number of amides is 1. The van der Waals surface area contributed by atoms with E-state index >= 15 is 0 Å². The van der Waals surface area contributed by atoms with Crippen LogP contribution in [0.3, 0.4) is 0 Å². The molecule has 2 aromatic heterocycles. The molecule has 0 spiro atoms. The van der Waals surface area contributed by atoms with Crippen LogP contribution in [0.4, 0.5) is 0 Å². The maximum absolute atomic E-state index is 12.6. The largest absolute Gasteiger partial charge is 0.466 e. The Bertz CT molecular complexity index is 706. The fraction of sp³-hybridized carbons (Fsp3) is 0.438. The number of aryl methyl sites for hydroxylation is 2. The Balaban J connectivity index is 2.20. The Kier molecular flexibility index (Phi) is 4.80. The Morgan fingerprint density at radius 1 is 1.32 bits per heavy atom. The molecule has 2 rings (SSSR count). The zero-order chi connectivity index (χ0) is 16.3. The summed E-state index contributed by atoms with van der Waals surface area (Å²) in [6.45, 7) is 6.21. The molecule has 0 bridgehead atoms. The van der Waals surface area contributed by atoms with Crippen LogP contribution < -0.4 is 0 Å². The first-order chi connectivity index (χ1) is 10.4. The molecule has 2 aromatic rings. The third kappa shape index (κ3) is 3.27. The fourth-order valence-electron chi connectivity index (χ4n) is 2.30. The van der Waals surface area contributed by atoms with E-state index in [2.05, 4.69) is 4.98 Å². The number of pyridine rings is 1. The molecule has 0 aliphatic carbocycles. The number of imidazole rings is 1. The summed E-state index contributed by atoms with van der Waals surface area (Å²) in [5.41, 5.74) is 3.00. The van der Waals surface area contributed by atoms with Crippen molar-refractivity contribution in [2.45, 2.75) is 27.2 Å². The molecule has 0 aliphatic rings. The van der Waals surface area contributed by atoms with Crippen LogP contribution in [-0.4, -0.2) is 46.4 Å². The van der Waals surface area contributed by atoms with Crippen molar-refractivity contribution in [2.75, 3.05) is 20.2 Å². The fourth-order valence-corrected chi connectivity index (χ4v) is 2.30. The molecule has 6 heteroatoms. The summed E-state index contributed by atoms with van der Waals surface area (Å²) in [5.74, 6) is -0.451. The van der Waals surface area contributed by atoms with Crippen LogP contribution in [-0.2, 0) is 9.53 Å². The average molecular weight is 303 g/mol. The van der Waals surface area contributed by atoms with Crippen molar-refractivity contribution in [1.29, 1.82) is 0 Å². The van der Waals surface area contributed by atoms with Gasteiger partial charge in [0, 0.05) is 19.8 Å². The summed E-state index contributed by atoms with van der Waals surface area (Å²) < 4.78 is 6.68. The van der Waals surface area contributed by atoms with Gasteiger partial charge >= 0.3 is 5.97 Å². The van der Waals surface area contributed by atoms with Gasteiger partial charge in [-0.25, -0.2) is 4.98 Å². The number of carbonyl (C=O) groups excluding carboxylic acids is 2. The number of ether oxygens (including phenoxy) is 1. The molecule has 2 heterocycles. The van der Waals surface area contributed by atoms with Crippen LogP contribution in [0.25, 0.3) is 5.65 Å². The van der Waals surface area contributed by atoms with E-state index in [1.165, 1.54) is 4.90 Å². The van der Waals surface area contributed by atoms with Gasteiger partial charge in [-0.15, -0.1) is 0 Å². The minimum Gasteiger partial charge on any atom is -0.466 e. The molecule has 0 aromatic carbocycles. The van der Waals surface area contributed by atoms with Crippen LogP contribution in [0.2, 0.25) is 0 Å². The normalized spacial score (nSPS) is 10.7. The van der Waals surface area contributed by atoms with Gasteiger partial charge in [-0.05, 0) is 32.4 Å². The van der Waals surface area contributed by atoms with Gasteiger partial charge in [-0.1, -0.05) is 6.07 Å². The second-order valence-electron chi connectivity index (χ2n) is 5.26. The predicted molar refractivity (Wildman–Crippen MR) is 82.9 cm³/mol. The standard InChI is InChI=1S/C16H21N3O3/c1-5-22-14(20)8-9-18(4)16(21)15-12(3)17-13-7-6-11(2)10-19(13)15/h6-7,10H,5,8-9H2,1-4H3. The lowest BCUT2D eigenvalue weighted by Gasteiger charge is -2.17. The Morgan fingerprint density at radius 2 is 2.05 bits per heavy atom. The van der Waals surface area contributed by atoms with Crippen LogP contribution in [0.5, 0.6) is 0 Å². The molecule has 0 radical (unpaired) electrons. The van der Waals surface area contributed by atoms with E-state index in [1.807, 2.05) is 32.2 Å². The summed E-state index contributed by atoms with van der Waals surface area (Å²) in [6.07, 6.45) is 2.08. The zero-order valence-electron chi connectivity index (χ0n) is 13.4. The maximum Gasteiger partial charge on any atom is 0.307 e. The minimum atomic E-state index is -0.298. The molecule has 22 heavy (non-hydrogen) atoms. The molecule has 1 amide bonds. The van der Waals surface area contributed by atoms with Crippen molar-refractivity contribution in [2.24, 2.45) is 0 Å². The number of carbonyl (C=O) groups is 2. The van der Waals surface area contributed by atoms with Crippen molar-refractivity contribution in [3.05, 3.63) is 35.3 Å². The molecule has 118 valence electrons. The van der Waals surface area contributed by atoms with Crippen molar-refractivity contribution in [3.63, 3.8) is 0 Å². The molecule has 0 saturated heterocycles. The number of hydrogen-bond acceptors (Lipinski definition) is 4. The van der Waals surface area contributed by atoms with Crippen molar-refractivity contribution >= 4 is 17.5 Å². The van der Waals surface area contributed by atoms with E-state index in [0.29, 0.717) is 24.5 Å². The lowest BCUT2D eigenvalue weighted by Crippen LogP contribution is -2.30. The van der Waals surface area contributed by atoms with Gasteiger partial charge in [-0.3, -0.25) is 14.0 Å². The second-order valence-corrected chi connectivity index (χ2v) is 5.26. The predicted octanol–water partition coefficient (Wildman–Crippen LogP) is 1.98. The van der Waals surface area contributed by atoms with E-state index in [0.717, 1.165) is 11.2 Å². The Hall–Kier alpha value is -2.37. The first kappa shape index (κ1) is 16.0. The molecule has 0 fully saturated rings. The number of esters is 1. The van der Waals surface area contributed by atoms with Crippen LogP contribution in [0.15, 0.2) is 18.3 Å². The summed E-state index contributed by atoms with van der Waals surface area (Å²) in [4.78, 5) is 30.0. The third-order valence-electron chi connectivity index (χ3n) is 3.45. The summed E-state index contributed by atoms with van der Waals surface area (Å²) >= 11 is 0. The van der Waals surface area contributed by atoms with E-state index in [9.17, 15) is 9.59 Å². The van der Waals surface area contributed by atoms with Gasteiger partial charge in [-0.2, -0.15) is 0 Å². The van der Waals surface area contributed by atoms with Gasteiger partial charge in [0.15, 0.2) is 0 Å². The van der Waals surface area contributed by atoms with Crippen LogP contribution >= 0.6 is 0 Å². The molecule has 0 aliphatic heterocycles. The highest BCUT2D eigenvalue weighted by Gasteiger charge is 2.20. The van der Waals surface area contributed by atoms with Crippen molar-refractivity contribution < 1.29 is 14.3 Å². The van der Waals surface area contributed by atoms with Gasteiger partial charge in [0.2, 0.25) is 0 Å². The smallest absolute Gasteiger partial charge is 0.307 e. The molecule has 0 unspecified atom stereocenters. The molecule has 6 nitrogen and oxygen atoms in total. The Labute approximate surface area is 129 Å². The minimum absolute atomic E-state index is 0.153. The highest BCUT2D eigenvalue weighted by molar-refractivity contribution is 5.94. The number of rotatable bonds is 5. The maximum atomic E-state index is 12.6. The van der Waals surface area contributed by atoms with Crippen molar-refractivity contribution in [3.8, 4) is 0 Å². The number of fused-ring (bicyclic) bond motifs is 1. The monoisotopic (exact) mass is 303 g/mol. The average Bonchev–Trinajstić information content (AvgIpc) is 2.79. The van der Waals surface area contributed by atoms with E-state index in [-0.39, 0.29) is 18.3 Å². The second kappa shape index (κ2) is 6.60. The molecule has 0 saturated carbocycles. The highest BCUT2D eigenvalue weighted by atomic mass is 16.5. The molecule has 0 atom stereocenters. The van der Waals surface area contributed by atoms with E-state index in [1.54, 1.807) is 18.4 Å². The lowest BCUT2D eigenvalue weighted by atomic mass is 10.2. The first-order valence-electron chi connectivity index (χ1n) is 7.30.